The summed E-state index contributed by atoms with van der Waals surface area (Å²) < 4.78 is 41.6. The first-order valence-electron chi connectivity index (χ1n) is 9.41. The summed E-state index contributed by atoms with van der Waals surface area (Å²) in [6.45, 7) is 0.514. The molecule has 0 unspecified atom stereocenters. The summed E-state index contributed by atoms with van der Waals surface area (Å²) in [4.78, 5) is 15.4. The molecule has 2 aromatic heterocycles. The number of amides is 1. The molecule has 0 bridgehead atoms. The molecule has 0 spiro atoms. The lowest BCUT2D eigenvalue weighted by atomic mass is 9.95. The van der Waals surface area contributed by atoms with Gasteiger partial charge in [-0.3, -0.25) is 4.79 Å². The van der Waals surface area contributed by atoms with Gasteiger partial charge in [-0.1, -0.05) is 6.07 Å². The number of carbonyl (C=O) groups is 1. The third-order valence-electron chi connectivity index (χ3n) is 5.13. The minimum atomic E-state index is -4.47. The zero-order valence-electron chi connectivity index (χ0n) is 15.9. The summed E-state index contributed by atoms with van der Waals surface area (Å²) in [6, 6.07) is 10.5. The molecule has 0 aliphatic heterocycles. The van der Waals surface area contributed by atoms with E-state index in [0.717, 1.165) is 17.7 Å². The number of carbonyl (C=O) groups excluding carboxylic acids is 1. The quantitative estimate of drug-likeness (QED) is 0.590. The number of alkyl halides is 3. The Morgan fingerprint density at radius 3 is 2.55 bits per heavy atom. The molecule has 1 aliphatic rings. The van der Waals surface area contributed by atoms with Crippen LogP contribution in [0.3, 0.4) is 0 Å². The fraction of sp³-hybridized carbons (Fsp3) is 0.333. The fourth-order valence-electron chi connectivity index (χ4n) is 3.71. The number of thiophene rings is 1. The molecule has 0 fully saturated rings. The van der Waals surface area contributed by atoms with Crippen LogP contribution in [-0.4, -0.2) is 27.6 Å². The number of halogens is 3. The molecule has 152 valence electrons. The summed E-state index contributed by atoms with van der Waals surface area (Å²) in [5.41, 5.74) is 1.17. The van der Waals surface area contributed by atoms with Gasteiger partial charge in [-0.05, 0) is 61.4 Å². The van der Waals surface area contributed by atoms with E-state index >= 15 is 0 Å². The first-order valence-corrected chi connectivity index (χ1v) is 10.3. The highest BCUT2D eigenvalue weighted by Crippen LogP contribution is 2.36. The number of nitrogens with zero attached hydrogens (tertiary/aromatic N) is 3. The molecule has 0 N–H and O–H groups in total. The molecular formula is C21H20F3N3OS. The van der Waals surface area contributed by atoms with E-state index in [1.54, 1.807) is 47.5 Å². The van der Waals surface area contributed by atoms with Crippen LogP contribution in [0.4, 0.5) is 13.2 Å². The van der Waals surface area contributed by atoms with Crippen LogP contribution in [0.2, 0.25) is 0 Å². The highest BCUT2D eigenvalue weighted by Gasteiger charge is 2.39. The lowest BCUT2D eigenvalue weighted by Crippen LogP contribution is -2.25. The normalized spacial score (nSPS) is 13.9. The van der Waals surface area contributed by atoms with Gasteiger partial charge >= 0.3 is 6.18 Å². The minimum absolute atomic E-state index is 0.136. The maximum Gasteiger partial charge on any atom is 0.435 e. The van der Waals surface area contributed by atoms with Gasteiger partial charge in [-0.15, -0.1) is 11.3 Å². The summed E-state index contributed by atoms with van der Waals surface area (Å²) in [5.74, 6) is -0.136. The van der Waals surface area contributed by atoms with Crippen molar-refractivity contribution in [3.8, 4) is 5.69 Å². The van der Waals surface area contributed by atoms with Crippen LogP contribution in [-0.2, 0) is 25.6 Å². The van der Waals surface area contributed by atoms with E-state index in [-0.39, 0.29) is 5.91 Å². The van der Waals surface area contributed by atoms with Gasteiger partial charge < -0.3 is 4.90 Å². The van der Waals surface area contributed by atoms with E-state index in [1.165, 1.54) is 4.68 Å². The number of aromatic nitrogens is 2. The molecule has 4 rings (SSSR count). The predicted molar refractivity (Wildman–Crippen MR) is 105 cm³/mol. The van der Waals surface area contributed by atoms with Gasteiger partial charge in [0.2, 0.25) is 0 Å². The van der Waals surface area contributed by atoms with Gasteiger partial charge in [0.1, 0.15) is 0 Å². The monoisotopic (exact) mass is 419 g/mol. The first kappa shape index (κ1) is 19.7. The molecule has 1 amide bonds. The topological polar surface area (TPSA) is 38.1 Å². The van der Waals surface area contributed by atoms with Crippen molar-refractivity contribution in [2.45, 2.75) is 38.4 Å². The van der Waals surface area contributed by atoms with E-state index < -0.39 is 11.9 Å². The van der Waals surface area contributed by atoms with Gasteiger partial charge in [0.25, 0.3) is 5.91 Å². The van der Waals surface area contributed by atoms with Crippen molar-refractivity contribution in [3.05, 3.63) is 69.2 Å². The molecule has 8 heteroatoms. The molecule has 0 saturated carbocycles. The van der Waals surface area contributed by atoms with Crippen molar-refractivity contribution in [3.63, 3.8) is 0 Å². The zero-order valence-corrected chi connectivity index (χ0v) is 16.7. The standard InChI is InChI=1S/C21H20F3N3OS/c1-26(13-16-5-4-12-29-16)20(28)14-8-10-15(11-9-14)27-18-7-3-2-6-17(18)19(25-27)21(22,23)24/h4-5,8-12H,2-3,6-7,13H2,1H3. The van der Waals surface area contributed by atoms with E-state index in [1.807, 2.05) is 17.5 Å². The second-order valence-corrected chi connectivity index (χ2v) is 8.21. The van der Waals surface area contributed by atoms with Crippen molar-refractivity contribution in [1.29, 1.82) is 0 Å². The summed E-state index contributed by atoms with van der Waals surface area (Å²) >= 11 is 1.58. The lowest BCUT2D eigenvalue weighted by Gasteiger charge is -2.17. The zero-order chi connectivity index (χ0) is 20.6. The fourth-order valence-corrected chi connectivity index (χ4v) is 4.47. The highest BCUT2D eigenvalue weighted by atomic mass is 32.1. The number of hydrogen-bond acceptors (Lipinski definition) is 3. The average Bonchev–Trinajstić information content (AvgIpc) is 3.35. The van der Waals surface area contributed by atoms with Gasteiger partial charge in [0.05, 0.1) is 12.2 Å². The second-order valence-electron chi connectivity index (χ2n) is 7.18. The van der Waals surface area contributed by atoms with Crippen molar-refractivity contribution in [2.24, 2.45) is 0 Å². The van der Waals surface area contributed by atoms with Crippen LogP contribution in [0, 0.1) is 0 Å². The van der Waals surface area contributed by atoms with Crippen molar-refractivity contribution >= 4 is 17.2 Å². The molecule has 0 radical (unpaired) electrons. The molecule has 3 aromatic rings. The average molecular weight is 419 g/mol. The van der Waals surface area contributed by atoms with Crippen LogP contribution in [0.25, 0.3) is 5.69 Å². The maximum atomic E-state index is 13.4. The van der Waals surface area contributed by atoms with E-state index in [0.29, 0.717) is 41.9 Å². The molecule has 29 heavy (non-hydrogen) atoms. The SMILES string of the molecule is CN(Cc1cccs1)C(=O)c1ccc(-n2nc(C(F)(F)F)c3c2CCCC3)cc1. The molecule has 4 nitrogen and oxygen atoms in total. The number of rotatable bonds is 4. The Balaban J connectivity index is 1.60. The number of benzene rings is 1. The molecule has 2 heterocycles. The summed E-state index contributed by atoms with van der Waals surface area (Å²) in [6.07, 6.45) is -1.91. The van der Waals surface area contributed by atoms with Crippen LogP contribution in [0.1, 0.15) is 45.0 Å². The van der Waals surface area contributed by atoms with E-state index in [4.69, 9.17) is 0 Å². The lowest BCUT2D eigenvalue weighted by molar-refractivity contribution is -0.142. The predicted octanol–water partition coefficient (Wildman–Crippen LogP) is 5.10. The Kier molecular flexibility index (Phi) is 5.21. The van der Waals surface area contributed by atoms with Gasteiger partial charge in [0.15, 0.2) is 5.69 Å². The molecule has 1 aliphatic carbocycles. The van der Waals surface area contributed by atoms with Crippen molar-refractivity contribution in [2.75, 3.05) is 7.05 Å². The largest absolute Gasteiger partial charge is 0.435 e. The van der Waals surface area contributed by atoms with Crippen molar-refractivity contribution < 1.29 is 18.0 Å². The van der Waals surface area contributed by atoms with Crippen LogP contribution >= 0.6 is 11.3 Å². The maximum absolute atomic E-state index is 13.4. The Hall–Kier alpha value is -2.61. The van der Waals surface area contributed by atoms with Gasteiger partial charge in [-0.25, -0.2) is 4.68 Å². The molecule has 1 aromatic carbocycles. The second kappa shape index (κ2) is 7.67. The minimum Gasteiger partial charge on any atom is -0.337 e. The molecule has 0 saturated heterocycles. The Labute approximate surface area is 170 Å². The third kappa shape index (κ3) is 3.94. The molecular weight excluding hydrogens is 399 g/mol. The van der Waals surface area contributed by atoms with E-state index in [2.05, 4.69) is 5.10 Å². The Morgan fingerprint density at radius 2 is 1.90 bits per heavy atom. The van der Waals surface area contributed by atoms with Crippen LogP contribution < -0.4 is 0 Å². The summed E-state index contributed by atoms with van der Waals surface area (Å²) in [7, 11) is 1.73. The third-order valence-corrected chi connectivity index (χ3v) is 5.99. The Morgan fingerprint density at radius 1 is 1.17 bits per heavy atom. The van der Waals surface area contributed by atoms with Crippen LogP contribution in [0.15, 0.2) is 41.8 Å². The number of hydrogen-bond donors (Lipinski definition) is 0. The van der Waals surface area contributed by atoms with E-state index in [9.17, 15) is 18.0 Å². The highest BCUT2D eigenvalue weighted by molar-refractivity contribution is 7.09. The smallest absolute Gasteiger partial charge is 0.337 e. The molecule has 0 atom stereocenters. The number of fused-ring (bicyclic) bond motifs is 1. The van der Waals surface area contributed by atoms with Crippen LogP contribution in [0.5, 0.6) is 0 Å². The van der Waals surface area contributed by atoms with Crippen molar-refractivity contribution in [1.82, 2.24) is 14.7 Å². The first-order chi connectivity index (χ1) is 13.8. The Bertz CT molecular complexity index is 1010. The summed E-state index contributed by atoms with van der Waals surface area (Å²) in [5, 5.41) is 5.85. The van der Waals surface area contributed by atoms with Gasteiger partial charge in [0, 0.05) is 28.7 Å². The van der Waals surface area contributed by atoms with Gasteiger partial charge in [-0.2, -0.15) is 18.3 Å².